The van der Waals surface area contributed by atoms with Crippen LogP contribution < -0.4 is 10.6 Å². The van der Waals surface area contributed by atoms with Crippen LogP contribution in [0.2, 0.25) is 5.02 Å². The van der Waals surface area contributed by atoms with E-state index in [4.69, 9.17) is 16.3 Å². The van der Waals surface area contributed by atoms with E-state index in [-0.39, 0.29) is 11.6 Å². The third-order valence-electron chi connectivity index (χ3n) is 4.23. The van der Waals surface area contributed by atoms with Gasteiger partial charge >= 0.3 is 6.03 Å². The summed E-state index contributed by atoms with van der Waals surface area (Å²) < 4.78 is 5.74. The Morgan fingerprint density at radius 2 is 1.87 bits per heavy atom. The first-order valence-corrected chi connectivity index (χ1v) is 7.90. The van der Waals surface area contributed by atoms with Gasteiger partial charge in [0.25, 0.3) is 0 Å². The molecule has 2 aromatic carbocycles. The Kier molecular flexibility index (Phi) is 4.55. The number of rotatable bonds is 4. The SMILES string of the molecule is COC1(CNC(=O)Nc2cccc(Cl)c2)Cc2ccccc2C1. The zero-order chi connectivity index (χ0) is 16.3. The Bertz CT molecular complexity index is 693. The van der Waals surface area contributed by atoms with Crippen molar-refractivity contribution in [3.05, 3.63) is 64.7 Å². The number of nitrogens with one attached hydrogen (secondary N) is 2. The maximum absolute atomic E-state index is 12.1. The average Bonchev–Trinajstić information content (AvgIpc) is 2.92. The Morgan fingerprint density at radius 1 is 1.17 bits per heavy atom. The molecule has 0 bridgehead atoms. The van der Waals surface area contributed by atoms with Gasteiger partial charge < -0.3 is 15.4 Å². The predicted molar refractivity (Wildman–Crippen MR) is 92.1 cm³/mol. The largest absolute Gasteiger partial charge is 0.376 e. The maximum Gasteiger partial charge on any atom is 0.319 e. The van der Waals surface area contributed by atoms with Crippen molar-refractivity contribution in [3.8, 4) is 0 Å². The van der Waals surface area contributed by atoms with Crippen LogP contribution in [0.25, 0.3) is 0 Å². The molecule has 1 aliphatic rings. The number of hydrogen-bond acceptors (Lipinski definition) is 2. The van der Waals surface area contributed by atoms with E-state index in [0.717, 1.165) is 12.8 Å². The fraction of sp³-hybridized carbons (Fsp3) is 0.278. The number of urea groups is 1. The van der Waals surface area contributed by atoms with Crippen LogP contribution in [-0.2, 0) is 17.6 Å². The van der Waals surface area contributed by atoms with Crippen LogP contribution in [0.4, 0.5) is 10.5 Å². The third kappa shape index (κ3) is 3.66. The number of anilines is 1. The van der Waals surface area contributed by atoms with E-state index < -0.39 is 0 Å². The molecule has 5 heteroatoms. The van der Waals surface area contributed by atoms with Gasteiger partial charge in [-0.05, 0) is 29.3 Å². The van der Waals surface area contributed by atoms with Crippen molar-refractivity contribution in [3.63, 3.8) is 0 Å². The molecule has 0 fully saturated rings. The zero-order valence-electron chi connectivity index (χ0n) is 12.9. The van der Waals surface area contributed by atoms with E-state index in [0.29, 0.717) is 17.3 Å². The van der Waals surface area contributed by atoms with E-state index in [1.165, 1.54) is 11.1 Å². The summed E-state index contributed by atoms with van der Waals surface area (Å²) in [6, 6.07) is 15.1. The smallest absolute Gasteiger partial charge is 0.319 e. The fourth-order valence-corrected chi connectivity index (χ4v) is 3.17. The molecular formula is C18H19ClN2O2. The first-order valence-electron chi connectivity index (χ1n) is 7.53. The number of methoxy groups -OCH3 is 1. The molecule has 120 valence electrons. The van der Waals surface area contributed by atoms with Crippen LogP contribution in [0, 0.1) is 0 Å². The standard InChI is InChI=1S/C18H19ClN2O2/c1-23-18(10-13-5-2-3-6-14(13)11-18)12-20-17(22)21-16-8-4-7-15(19)9-16/h2-9H,10-12H2,1H3,(H2,20,21,22). The average molecular weight is 331 g/mol. The second-order valence-electron chi connectivity index (χ2n) is 5.83. The van der Waals surface area contributed by atoms with Gasteiger partial charge in [-0.2, -0.15) is 0 Å². The molecule has 0 radical (unpaired) electrons. The molecule has 4 nitrogen and oxygen atoms in total. The molecule has 0 heterocycles. The second-order valence-corrected chi connectivity index (χ2v) is 6.26. The first-order chi connectivity index (χ1) is 11.1. The highest BCUT2D eigenvalue weighted by molar-refractivity contribution is 6.30. The summed E-state index contributed by atoms with van der Waals surface area (Å²) in [4.78, 5) is 12.1. The highest BCUT2D eigenvalue weighted by atomic mass is 35.5. The molecule has 0 aromatic heterocycles. The number of ether oxygens (including phenoxy) is 1. The van der Waals surface area contributed by atoms with Gasteiger partial charge in [0.2, 0.25) is 0 Å². The van der Waals surface area contributed by atoms with Crippen LogP contribution in [0.5, 0.6) is 0 Å². The van der Waals surface area contributed by atoms with Gasteiger partial charge in [-0.15, -0.1) is 0 Å². The van der Waals surface area contributed by atoms with Gasteiger partial charge in [0.15, 0.2) is 0 Å². The first kappa shape index (κ1) is 15.8. The van der Waals surface area contributed by atoms with E-state index in [2.05, 4.69) is 22.8 Å². The van der Waals surface area contributed by atoms with Crippen molar-refractivity contribution in [1.29, 1.82) is 0 Å². The van der Waals surface area contributed by atoms with E-state index in [9.17, 15) is 4.79 Å². The van der Waals surface area contributed by atoms with Gasteiger partial charge in [0.1, 0.15) is 0 Å². The van der Waals surface area contributed by atoms with Crippen molar-refractivity contribution in [2.75, 3.05) is 19.0 Å². The van der Waals surface area contributed by atoms with Crippen LogP contribution in [0.15, 0.2) is 48.5 Å². The molecule has 0 aliphatic heterocycles. The number of amides is 2. The monoisotopic (exact) mass is 330 g/mol. The van der Waals surface area contributed by atoms with E-state index in [1.807, 2.05) is 12.1 Å². The zero-order valence-corrected chi connectivity index (χ0v) is 13.7. The van der Waals surface area contributed by atoms with Crippen LogP contribution >= 0.6 is 11.6 Å². The maximum atomic E-state index is 12.1. The van der Waals surface area contributed by atoms with Gasteiger partial charge in [0.05, 0.1) is 5.60 Å². The Balaban J connectivity index is 1.60. The topological polar surface area (TPSA) is 50.4 Å². The summed E-state index contributed by atoms with van der Waals surface area (Å²) >= 11 is 5.91. The summed E-state index contributed by atoms with van der Waals surface area (Å²) in [6.45, 7) is 0.449. The molecule has 0 unspecified atom stereocenters. The molecule has 1 aliphatic carbocycles. The van der Waals surface area contributed by atoms with E-state index >= 15 is 0 Å². The summed E-state index contributed by atoms with van der Waals surface area (Å²) in [5.74, 6) is 0. The van der Waals surface area contributed by atoms with Gasteiger partial charge in [0, 0.05) is 37.2 Å². The number of benzene rings is 2. The molecule has 2 aromatic rings. The molecule has 2 N–H and O–H groups in total. The molecule has 0 atom stereocenters. The molecule has 2 amide bonds. The van der Waals surface area contributed by atoms with Crippen molar-refractivity contribution in [2.45, 2.75) is 18.4 Å². The minimum absolute atomic E-state index is 0.264. The van der Waals surface area contributed by atoms with Gasteiger partial charge in [-0.25, -0.2) is 4.79 Å². The molecular weight excluding hydrogens is 312 g/mol. The normalized spacial score (nSPS) is 15.0. The van der Waals surface area contributed by atoms with Crippen LogP contribution in [0.3, 0.4) is 0 Å². The Hall–Kier alpha value is -2.04. The second kappa shape index (κ2) is 6.60. The lowest BCUT2D eigenvalue weighted by Gasteiger charge is -2.27. The van der Waals surface area contributed by atoms with E-state index in [1.54, 1.807) is 31.4 Å². The Morgan fingerprint density at radius 3 is 2.48 bits per heavy atom. The summed E-state index contributed by atoms with van der Waals surface area (Å²) in [7, 11) is 1.70. The highest BCUT2D eigenvalue weighted by Gasteiger charge is 2.37. The van der Waals surface area contributed by atoms with Crippen molar-refractivity contribution in [2.24, 2.45) is 0 Å². The number of carbonyl (C=O) groups excluding carboxylic acids is 1. The van der Waals surface area contributed by atoms with Gasteiger partial charge in [-0.1, -0.05) is 41.9 Å². The number of halogens is 1. The number of hydrogen-bond donors (Lipinski definition) is 2. The molecule has 0 spiro atoms. The lowest BCUT2D eigenvalue weighted by atomic mass is 10.0. The molecule has 0 saturated carbocycles. The Labute approximate surface area is 140 Å². The summed E-state index contributed by atoms with van der Waals surface area (Å²) in [6.07, 6.45) is 1.61. The predicted octanol–water partition coefficient (Wildman–Crippen LogP) is 3.65. The summed E-state index contributed by atoms with van der Waals surface area (Å²) in [5, 5.41) is 6.27. The minimum atomic E-state index is -0.380. The highest BCUT2D eigenvalue weighted by Crippen LogP contribution is 2.32. The number of fused-ring (bicyclic) bond motifs is 1. The van der Waals surface area contributed by atoms with Crippen LogP contribution in [-0.4, -0.2) is 25.3 Å². The van der Waals surface area contributed by atoms with Crippen molar-refractivity contribution >= 4 is 23.3 Å². The minimum Gasteiger partial charge on any atom is -0.376 e. The fourth-order valence-electron chi connectivity index (χ4n) is 2.98. The lowest BCUT2D eigenvalue weighted by Crippen LogP contribution is -2.46. The third-order valence-corrected chi connectivity index (χ3v) is 4.47. The lowest BCUT2D eigenvalue weighted by molar-refractivity contribution is 0.00208. The van der Waals surface area contributed by atoms with Crippen molar-refractivity contribution in [1.82, 2.24) is 5.32 Å². The molecule has 23 heavy (non-hydrogen) atoms. The van der Waals surface area contributed by atoms with Crippen LogP contribution in [0.1, 0.15) is 11.1 Å². The van der Waals surface area contributed by atoms with Gasteiger partial charge in [-0.3, -0.25) is 0 Å². The molecule has 0 saturated heterocycles. The number of carbonyl (C=O) groups is 1. The molecule has 3 rings (SSSR count). The summed E-state index contributed by atoms with van der Waals surface area (Å²) in [5.41, 5.74) is 2.85. The van der Waals surface area contributed by atoms with Crippen molar-refractivity contribution < 1.29 is 9.53 Å². The quantitative estimate of drug-likeness (QED) is 0.899.